The molecule has 1 saturated carbocycles. The first-order valence-electron chi connectivity index (χ1n) is 8.18. The SMILES string of the molecule is CCNC(=NCCCOCC1CC1)NCCCCC(F)(F)F.I. The first-order valence-corrected chi connectivity index (χ1v) is 8.18. The third-order valence-corrected chi connectivity index (χ3v) is 3.29. The van der Waals surface area contributed by atoms with Crippen molar-refractivity contribution in [3.63, 3.8) is 0 Å². The molecule has 0 bridgehead atoms. The van der Waals surface area contributed by atoms with Gasteiger partial charge in [0.05, 0.1) is 0 Å². The zero-order chi connectivity index (χ0) is 16.3. The van der Waals surface area contributed by atoms with Gasteiger partial charge in [0.15, 0.2) is 5.96 Å². The number of hydrogen-bond donors (Lipinski definition) is 2. The van der Waals surface area contributed by atoms with Gasteiger partial charge in [-0.3, -0.25) is 4.99 Å². The van der Waals surface area contributed by atoms with E-state index in [2.05, 4.69) is 15.6 Å². The van der Waals surface area contributed by atoms with E-state index in [9.17, 15) is 13.2 Å². The van der Waals surface area contributed by atoms with Crippen LogP contribution in [0.2, 0.25) is 0 Å². The average molecular weight is 451 g/mol. The number of hydrogen-bond acceptors (Lipinski definition) is 2. The second-order valence-electron chi connectivity index (χ2n) is 5.63. The molecule has 1 aliphatic carbocycles. The van der Waals surface area contributed by atoms with Crippen molar-refractivity contribution in [1.29, 1.82) is 0 Å². The number of ether oxygens (including phenoxy) is 1. The Kier molecular flexibility index (Phi) is 12.9. The van der Waals surface area contributed by atoms with E-state index >= 15 is 0 Å². The van der Waals surface area contributed by atoms with E-state index in [1.54, 1.807) is 0 Å². The van der Waals surface area contributed by atoms with Crippen LogP contribution in [-0.2, 0) is 4.74 Å². The lowest BCUT2D eigenvalue weighted by Crippen LogP contribution is -2.38. The molecule has 0 radical (unpaired) electrons. The zero-order valence-electron chi connectivity index (χ0n) is 13.8. The Balaban J connectivity index is 0.00000484. The second-order valence-corrected chi connectivity index (χ2v) is 5.63. The molecule has 4 nitrogen and oxygen atoms in total. The Labute approximate surface area is 154 Å². The van der Waals surface area contributed by atoms with Crippen LogP contribution in [0.5, 0.6) is 0 Å². The zero-order valence-corrected chi connectivity index (χ0v) is 16.1. The Bertz CT molecular complexity index is 324. The highest BCUT2D eigenvalue weighted by Gasteiger charge is 2.25. The first kappa shape index (κ1) is 22.8. The van der Waals surface area contributed by atoms with Crippen molar-refractivity contribution >= 4 is 29.9 Å². The minimum Gasteiger partial charge on any atom is -0.381 e. The third-order valence-electron chi connectivity index (χ3n) is 3.29. The molecular formula is C15H29F3IN3O. The number of aliphatic imine (C=N–C) groups is 1. The molecular weight excluding hydrogens is 422 g/mol. The Morgan fingerprint density at radius 2 is 1.91 bits per heavy atom. The number of nitrogens with one attached hydrogen (secondary N) is 2. The largest absolute Gasteiger partial charge is 0.389 e. The van der Waals surface area contributed by atoms with Gasteiger partial charge in [-0.05, 0) is 44.9 Å². The molecule has 0 saturated heterocycles. The van der Waals surface area contributed by atoms with Crippen molar-refractivity contribution in [3.8, 4) is 0 Å². The molecule has 2 N–H and O–H groups in total. The monoisotopic (exact) mass is 451 g/mol. The van der Waals surface area contributed by atoms with Crippen LogP contribution in [-0.4, -0.2) is 45.0 Å². The number of guanidine groups is 1. The molecule has 1 fully saturated rings. The predicted octanol–water partition coefficient (Wildman–Crippen LogP) is 3.71. The molecule has 0 aliphatic heterocycles. The molecule has 0 heterocycles. The van der Waals surface area contributed by atoms with E-state index in [-0.39, 0.29) is 30.4 Å². The van der Waals surface area contributed by atoms with Gasteiger partial charge in [0.25, 0.3) is 0 Å². The van der Waals surface area contributed by atoms with E-state index in [1.165, 1.54) is 12.8 Å². The summed E-state index contributed by atoms with van der Waals surface area (Å²) >= 11 is 0. The Morgan fingerprint density at radius 1 is 1.17 bits per heavy atom. The molecule has 0 atom stereocenters. The maximum Gasteiger partial charge on any atom is 0.389 e. The molecule has 0 spiro atoms. The van der Waals surface area contributed by atoms with Crippen LogP contribution in [0.25, 0.3) is 0 Å². The van der Waals surface area contributed by atoms with Gasteiger partial charge in [0.2, 0.25) is 0 Å². The van der Waals surface area contributed by atoms with Crippen molar-refractivity contribution in [2.24, 2.45) is 10.9 Å². The number of alkyl halides is 3. The van der Waals surface area contributed by atoms with Crippen LogP contribution < -0.4 is 10.6 Å². The van der Waals surface area contributed by atoms with Crippen LogP contribution in [0.1, 0.15) is 45.4 Å². The van der Waals surface area contributed by atoms with Gasteiger partial charge in [0, 0.05) is 39.3 Å². The van der Waals surface area contributed by atoms with Gasteiger partial charge in [-0.1, -0.05) is 0 Å². The summed E-state index contributed by atoms with van der Waals surface area (Å²) in [6, 6.07) is 0. The first-order chi connectivity index (χ1) is 10.5. The minimum atomic E-state index is -4.06. The fourth-order valence-corrected chi connectivity index (χ4v) is 1.89. The molecule has 138 valence electrons. The van der Waals surface area contributed by atoms with E-state index in [1.807, 2.05) is 6.92 Å². The van der Waals surface area contributed by atoms with Crippen LogP contribution in [0, 0.1) is 5.92 Å². The maximum atomic E-state index is 12.0. The predicted molar refractivity (Wildman–Crippen MR) is 97.5 cm³/mol. The summed E-state index contributed by atoms with van der Waals surface area (Å²) in [5, 5.41) is 6.14. The fourth-order valence-electron chi connectivity index (χ4n) is 1.89. The van der Waals surface area contributed by atoms with Crippen LogP contribution in [0.3, 0.4) is 0 Å². The lowest BCUT2D eigenvalue weighted by atomic mass is 10.2. The van der Waals surface area contributed by atoms with Gasteiger partial charge >= 0.3 is 6.18 Å². The standard InChI is InChI=1S/C15H28F3N3O.HI/c1-2-19-14(20-9-4-3-8-15(16,17)18)21-10-5-11-22-12-13-6-7-13;/h13H,2-12H2,1H3,(H2,19,20,21);1H. The van der Waals surface area contributed by atoms with E-state index in [0.717, 1.165) is 25.5 Å². The highest BCUT2D eigenvalue weighted by Crippen LogP contribution is 2.28. The summed E-state index contributed by atoms with van der Waals surface area (Å²) in [7, 11) is 0. The lowest BCUT2D eigenvalue weighted by molar-refractivity contribution is -0.135. The molecule has 23 heavy (non-hydrogen) atoms. The van der Waals surface area contributed by atoms with E-state index in [0.29, 0.717) is 32.1 Å². The molecule has 1 aliphatic rings. The molecule has 0 aromatic heterocycles. The van der Waals surface area contributed by atoms with Crippen LogP contribution in [0.4, 0.5) is 13.2 Å². The van der Waals surface area contributed by atoms with E-state index in [4.69, 9.17) is 4.74 Å². The highest BCUT2D eigenvalue weighted by atomic mass is 127. The summed E-state index contributed by atoms with van der Waals surface area (Å²) in [6.07, 6.45) is -0.710. The van der Waals surface area contributed by atoms with Crippen molar-refractivity contribution < 1.29 is 17.9 Å². The summed E-state index contributed by atoms with van der Waals surface area (Å²) in [4.78, 5) is 4.38. The van der Waals surface area contributed by atoms with E-state index < -0.39 is 12.6 Å². The van der Waals surface area contributed by atoms with Gasteiger partial charge in [0.1, 0.15) is 0 Å². The summed E-state index contributed by atoms with van der Waals surface area (Å²) in [6.45, 7) is 5.42. The van der Waals surface area contributed by atoms with Crippen molar-refractivity contribution in [3.05, 3.63) is 0 Å². The van der Waals surface area contributed by atoms with Crippen molar-refractivity contribution in [1.82, 2.24) is 10.6 Å². The number of halogens is 4. The fraction of sp³-hybridized carbons (Fsp3) is 0.933. The molecule has 1 rings (SSSR count). The van der Waals surface area contributed by atoms with Crippen LogP contribution >= 0.6 is 24.0 Å². The summed E-state index contributed by atoms with van der Waals surface area (Å²) < 4.78 is 41.6. The molecule has 0 aromatic rings. The van der Waals surface area contributed by atoms with Gasteiger partial charge in [-0.25, -0.2) is 0 Å². The highest BCUT2D eigenvalue weighted by molar-refractivity contribution is 14.0. The maximum absolute atomic E-state index is 12.0. The normalized spacial score (nSPS) is 15.2. The Hall–Kier alpha value is -0.250. The number of rotatable bonds is 11. The summed E-state index contributed by atoms with van der Waals surface area (Å²) in [5.74, 6) is 1.44. The van der Waals surface area contributed by atoms with Gasteiger partial charge in [-0.2, -0.15) is 13.2 Å². The van der Waals surface area contributed by atoms with Gasteiger partial charge < -0.3 is 15.4 Å². The molecule has 0 unspecified atom stereocenters. The third kappa shape index (κ3) is 15.0. The Morgan fingerprint density at radius 3 is 2.52 bits per heavy atom. The average Bonchev–Trinajstić information content (AvgIpc) is 3.25. The molecule has 8 heteroatoms. The minimum absolute atomic E-state index is 0. The number of nitrogens with zero attached hydrogens (tertiary/aromatic N) is 1. The van der Waals surface area contributed by atoms with Crippen LogP contribution in [0.15, 0.2) is 4.99 Å². The smallest absolute Gasteiger partial charge is 0.381 e. The second kappa shape index (κ2) is 13.1. The quantitative estimate of drug-likeness (QED) is 0.218. The van der Waals surface area contributed by atoms with Crippen molar-refractivity contribution in [2.75, 3.05) is 32.8 Å². The van der Waals surface area contributed by atoms with Gasteiger partial charge in [-0.15, -0.1) is 24.0 Å². The lowest BCUT2D eigenvalue weighted by Gasteiger charge is -2.11. The summed E-state index contributed by atoms with van der Waals surface area (Å²) in [5.41, 5.74) is 0. The molecule has 0 aromatic carbocycles. The van der Waals surface area contributed by atoms with Crippen molar-refractivity contribution in [2.45, 2.75) is 51.6 Å². The topological polar surface area (TPSA) is 45.7 Å². The number of unbranched alkanes of at least 4 members (excludes halogenated alkanes) is 1. The molecule has 0 amide bonds.